The molecule has 0 aromatic heterocycles. The highest BCUT2D eigenvalue weighted by atomic mass is 35.5. The molecular weight excluding hydrogens is 421 g/mol. The van der Waals surface area contributed by atoms with Gasteiger partial charge in [-0.3, -0.25) is 4.79 Å². The van der Waals surface area contributed by atoms with Crippen molar-refractivity contribution in [2.45, 2.75) is 36.6 Å². The molecule has 0 amide bonds. The molecular formula is C16H19Cl2NO7S. The molecule has 1 heterocycles. The minimum Gasteiger partial charge on any atom is -0.463 e. The van der Waals surface area contributed by atoms with Crippen LogP contribution in [0.15, 0.2) is 23.4 Å². The minimum atomic E-state index is -1.39. The topological polar surface area (TPSA) is 118 Å². The molecule has 150 valence electrons. The standard InChI is InChI=1S/C16H19Cl2NO7S/c1-24-19-11(8-2-3-9(17)10(18)6-8)4-5-13(20)25-7-12-14(21)15(22)16(23)27-26-12/h2-3,6,12,14-16,21-23H,4-5,7H2,1H3/b19-11-/t12-,14-,15+,16+/m1/s1. The van der Waals surface area contributed by atoms with Gasteiger partial charge in [-0.05, 0) is 12.1 Å². The maximum Gasteiger partial charge on any atom is 0.306 e. The van der Waals surface area contributed by atoms with Gasteiger partial charge in [0, 0.05) is 24.0 Å². The van der Waals surface area contributed by atoms with Crippen molar-refractivity contribution in [2.75, 3.05) is 13.7 Å². The zero-order chi connectivity index (χ0) is 20.0. The summed E-state index contributed by atoms with van der Waals surface area (Å²) in [5.74, 6) is -0.555. The van der Waals surface area contributed by atoms with E-state index in [1.807, 2.05) is 0 Å². The van der Waals surface area contributed by atoms with Gasteiger partial charge in [0.1, 0.15) is 32.0 Å². The van der Waals surface area contributed by atoms with Gasteiger partial charge in [-0.25, -0.2) is 0 Å². The van der Waals surface area contributed by atoms with Gasteiger partial charge in [0.2, 0.25) is 0 Å². The van der Waals surface area contributed by atoms with Crippen LogP contribution in [-0.4, -0.2) is 64.5 Å². The van der Waals surface area contributed by atoms with E-state index in [4.69, 9.17) is 37.0 Å². The van der Waals surface area contributed by atoms with E-state index >= 15 is 0 Å². The Morgan fingerprint density at radius 1 is 1.22 bits per heavy atom. The number of hydrogen-bond donors (Lipinski definition) is 3. The van der Waals surface area contributed by atoms with E-state index in [0.717, 1.165) is 0 Å². The Labute approximate surface area is 170 Å². The molecule has 0 bridgehead atoms. The first-order valence-electron chi connectivity index (χ1n) is 7.91. The molecule has 1 aliphatic heterocycles. The number of esters is 1. The molecule has 27 heavy (non-hydrogen) atoms. The Bertz CT molecular complexity index is 691. The number of aliphatic hydroxyl groups is 3. The fourth-order valence-electron chi connectivity index (χ4n) is 2.25. The van der Waals surface area contributed by atoms with Crippen molar-refractivity contribution < 1.29 is 33.9 Å². The number of nitrogens with zero attached hydrogens (tertiary/aromatic N) is 1. The molecule has 2 rings (SSSR count). The maximum absolute atomic E-state index is 12.0. The summed E-state index contributed by atoms with van der Waals surface area (Å²) in [6, 6.07) is 4.93. The van der Waals surface area contributed by atoms with Crippen LogP contribution < -0.4 is 0 Å². The predicted octanol–water partition coefficient (Wildman–Crippen LogP) is 1.75. The maximum atomic E-state index is 12.0. The zero-order valence-electron chi connectivity index (χ0n) is 14.2. The third-order valence-corrected chi connectivity index (χ3v) is 5.30. The number of halogens is 2. The summed E-state index contributed by atoms with van der Waals surface area (Å²) in [6.45, 7) is -0.264. The number of oxime groups is 1. The molecule has 1 fully saturated rings. The molecule has 1 aliphatic rings. The highest BCUT2D eigenvalue weighted by molar-refractivity contribution is 7.95. The Morgan fingerprint density at radius 3 is 2.63 bits per heavy atom. The monoisotopic (exact) mass is 439 g/mol. The number of carbonyl (C=O) groups is 1. The molecule has 1 saturated heterocycles. The summed E-state index contributed by atoms with van der Waals surface area (Å²) in [5.41, 5.74) is -0.124. The molecule has 8 nitrogen and oxygen atoms in total. The summed E-state index contributed by atoms with van der Waals surface area (Å²) in [6.07, 6.45) is -3.49. The van der Waals surface area contributed by atoms with E-state index < -0.39 is 29.7 Å². The van der Waals surface area contributed by atoms with E-state index in [-0.39, 0.29) is 19.4 Å². The van der Waals surface area contributed by atoms with Crippen LogP contribution in [0, 0.1) is 0 Å². The highest BCUT2D eigenvalue weighted by Gasteiger charge is 2.39. The lowest BCUT2D eigenvalue weighted by molar-refractivity contribution is -0.152. The fourth-order valence-corrected chi connectivity index (χ4v) is 3.25. The Balaban J connectivity index is 1.87. The van der Waals surface area contributed by atoms with Crippen LogP contribution in [0.2, 0.25) is 10.0 Å². The molecule has 0 radical (unpaired) electrons. The van der Waals surface area contributed by atoms with Gasteiger partial charge >= 0.3 is 5.97 Å². The number of aliphatic hydroxyl groups excluding tert-OH is 3. The van der Waals surface area contributed by atoms with Gasteiger partial charge in [-0.1, -0.05) is 34.4 Å². The van der Waals surface area contributed by atoms with E-state index in [1.165, 1.54) is 7.11 Å². The summed E-state index contributed by atoms with van der Waals surface area (Å²) >= 11 is 12.5. The number of hydrogen-bond acceptors (Lipinski definition) is 9. The molecule has 0 spiro atoms. The summed E-state index contributed by atoms with van der Waals surface area (Å²) in [5, 5.41) is 33.4. The van der Waals surface area contributed by atoms with E-state index in [9.17, 15) is 20.1 Å². The van der Waals surface area contributed by atoms with E-state index in [2.05, 4.69) is 5.16 Å². The first-order valence-corrected chi connectivity index (χ1v) is 9.47. The predicted molar refractivity (Wildman–Crippen MR) is 101 cm³/mol. The number of benzene rings is 1. The molecule has 1 aromatic carbocycles. The van der Waals surface area contributed by atoms with Crippen molar-refractivity contribution in [1.29, 1.82) is 0 Å². The lowest BCUT2D eigenvalue weighted by Gasteiger charge is -2.33. The van der Waals surface area contributed by atoms with Crippen molar-refractivity contribution >= 4 is 46.9 Å². The van der Waals surface area contributed by atoms with Gasteiger partial charge in [0.25, 0.3) is 0 Å². The fraction of sp³-hybridized carbons (Fsp3) is 0.500. The molecule has 3 N–H and O–H groups in total. The molecule has 11 heteroatoms. The molecule has 0 saturated carbocycles. The lowest BCUT2D eigenvalue weighted by Crippen LogP contribution is -2.49. The van der Waals surface area contributed by atoms with Gasteiger partial charge in [0.05, 0.1) is 22.2 Å². The van der Waals surface area contributed by atoms with Gasteiger partial charge in [-0.2, -0.15) is 0 Å². The lowest BCUT2D eigenvalue weighted by atomic mass is 10.1. The average Bonchev–Trinajstić information content (AvgIpc) is 2.65. The second-order valence-electron chi connectivity index (χ2n) is 5.64. The minimum absolute atomic E-state index is 0.0103. The quantitative estimate of drug-likeness (QED) is 0.254. The van der Waals surface area contributed by atoms with Gasteiger partial charge in [0.15, 0.2) is 5.44 Å². The smallest absolute Gasteiger partial charge is 0.306 e. The third-order valence-electron chi connectivity index (χ3n) is 3.73. The van der Waals surface area contributed by atoms with Crippen LogP contribution >= 0.6 is 35.2 Å². The van der Waals surface area contributed by atoms with Crippen LogP contribution in [-0.2, 0) is 18.6 Å². The Morgan fingerprint density at radius 2 is 1.96 bits per heavy atom. The largest absolute Gasteiger partial charge is 0.463 e. The summed E-state index contributed by atoms with van der Waals surface area (Å²) in [4.78, 5) is 16.8. The van der Waals surface area contributed by atoms with Crippen molar-refractivity contribution in [1.82, 2.24) is 0 Å². The van der Waals surface area contributed by atoms with Crippen molar-refractivity contribution in [3.8, 4) is 0 Å². The van der Waals surface area contributed by atoms with Crippen molar-refractivity contribution in [2.24, 2.45) is 5.16 Å². The number of rotatable bonds is 7. The zero-order valence-corrected chi connectivity index (χ0v) is 16.6. The van der Waals surface area contributed by atoms with Crippen molar-refractivity contribution in [3.05, 3.63) is 33.8 Å². The van der Waals surface area contributed by atoms with Crippen LogP contribution in [0.5, 0.6) is 0 Å². The number of ether oxygens (including phenoxy) is 1. The van der Waals surface area contributed by atoms with Crippen LogP contribution in [0.25, 0.3) is 0 Å². The first kappa shape index (κ1) is 22.2. The molecule has 1 aromatic rings. The Kier molecular flexibility index (Phi) is 8.62. The van der Waals surface area contributed by atoms with E-state index in [1.54, 1.807) is 18.2 Å². The molecule has 0 aliphatic carbocycles. The van der Waals surface area contributed by atoms with Crippen LogP contribution in [0.1, 0.15) is 18.4 Å². The van der Waals surface area contributed by atoms with Crippen LogP contribution in [0.4, 0.5) is 0 Å². The normalized spacial score (nSPS) is 25.9. The summed E-state index contributed by atoms with van der Waals surface area (Å²) in [7, 11) is 1.38. The molecule has 4 atom stereocenters. The second kappa shape index (κ2) is 10.5. The van der Waals surface area contributed by atoms with E-state index in [0.29, 0.717) is 33.4 Å². The first-order chi connectivity index (χ1) is 12.8. The highest BCUT2D eigenvalue weighted by Crippen LogP contribution is 2.27. The SMILES string of the molecule is CO/N=C(/CCC(=O)OC[C@H]1OS[C@H](O)[C@@H](O)[C@@H]1O)c1ccc(Cl)c(Cl)c1. The van der Waals surface area contributed by atoms with Gasteiger partial charge in [-0.15, -0.1) is 0 Å². The third kappa shape index (κ3) is 6.21. The second-order valence-corrected chi connectivity index (χ2v) is 7.32. The van der Waals surface area contributed by atoms with Crippen LogP contribution in [0.3, 0.4) is 0 Å². The number of carbonyl (C=O) groups excluding carboxylic acids is 1. The summed E-state index contributed by atoms with van der Waals surface area (Å²) < 4.78 is 10.2. The van der Waals surface area contributed by atoms with Gasteiger partial charge < -0.3 is 29.1 Å². The van der Waals surface area contributed by atoms with Crippen molar-refractivity contribution in [3.63, 3.8) is 0 Å². The average molecular weight is 440 g/mol. The molecule has 0 unspecified atom stereocenters. The Hall–Kier alpha value is -1.07.